The predicted octanol–water partition coefficient (Wildman–Crippen LogP) is 2.24. The van der Waals surface area contributed by atoms with Crippen LogP contribution in [0.4, 0.5) is 4.39 Å². The van der Waals surface area contributed by atoms with Crippen LogP contribution in [0.5, 0.6) is 0 Å². The second-order valence-corrected chi connectivity index (χ2v) is 3.30. The number of ketones is 1. The first-order chi connectivity index (χ1) is 7.60. The van der Waals surface area contributed by atoms with Crippen molar-refractivity contribution in [3.05, 3.63) is 35.6 Å². The number of benzene rings is 1. The van der Waals surface area contributed by atoms with E-state index in [1.165, 1.54) is 31.3 Å². The Labute approximate surface area is 93.2 Å². The Morgan fingerprint density at radius 1 is 1.44 bits per heavy atom. The van der Waals surface area contributed by atoms with Gasteiger partial charge in [-0.05, 0) is 31.2 Å². The maximum atomic E-state index is 12.7. The molecule has 0 aliphatic rings. The molecule has 1 aromatic carbocycles. The Morgan fingerprint density at radius 3 is 2.44 bits per heavy atom. The van der Waals surface area contributed by atoms with Gasteiger partial charge in [0, 0.05) is 18.3 Å². The molecule has 1 unspecified atom stereocenters. The van der Waals surface area contributed by atoms with Crippen molar-refractivity contribution < 1.29 is 9.18 Å². The molecule has 0 heterocycles. The van der Waals surface area contributed by atoms with Gasteiger partial charge in [-0.25, -0.2) is 4.39 Å². The molecule has 1 atom stereocenters. The van der Waals surface area contributed by atoms with Crippen molar-refractivity contribution in [3.8, 4) is 6.07 Å². The Hall–Kier alpha value is -2.02. The third-order valence-electron chi connectivity index (χ3n) is 2.29. The second kappa shape index (κ2) is 5.17. The van der Waals surface area contributed by atoms with E-state index in [-0.39, 0.29) is 5.78 Å². The minimum absolute atomic E-state index is 0.316. The van der Waals surface area contributed by atoms with E-state index in [0.29, 0.717) is 11.3 Å². The van der Waals surface area contributed by atoms with Crippen LogP contribution in [0.15, 0.2) is 29.3 Å². The van der Waals surface area contributed by atoms with Crippen LogP contribution in [0.2, 0.25) is 0 Å². The molecular formula is C12H11FN2O. The topological polar surface area (TPSA) is 53.2 Å². The summed E-state index contributed by atoms with van der Waals surface area (Å²) in [5, 5.41) is 8.89. The quantitative estimate of drug-likeness (QED) is 0.577. The number of Topliss-reactive ketones (excluding diaryl/α,β-unsaturated/α-hetero) is 1. The second-order valence-electron chi connectivity index (χ2n) is 3.30. The molecule has 0 spiro atoms. The molecule has 1 rings (SSSR count). The van der Waals surface area contributed by atoms with Crippen molar-refractivity contribution >= 4 is 11.5 Å². The lowest BCUT2D eigenvalue weighted by atomic mass is 9.95. The minimum Gasteiger partial charge on any atom is -0.296 e. The van der Waals surface area contributed by atoms with Crippen LogP contribution in [0.25, 0.3) is 0 Å². The average Bonchev–Trinajstić information content (AvgIpc) is 2.30. The van der Waals surface area contributed by atoms with Crippen LogP contribution >= 0.6 is 0 Å². The van der Waals surface area contributed by atoms with Crippen molar-refractivity contribution in [2.24, 2.45) is 10.9 Å². The monoisotopic (exact) mass is 218 g/mol. The van der Waals surface area contributed by atoms with E-state index in [4.69, 9.17) is 5.26 Å². The van der Waals surface area contributed by atoms with Crippen molar-refractivity contribution in [1.82, 2.24) is 0 Å². The number of aliphatic imine (C=N–C) groups is 1. The molecule has 0 saturated heterocycles. The van der Waals surface area contributed by atoms with Crippen LogP contribution in [0.3, 0.4) is 0 Å². The molecule has 16 heavy (non-hydrogen) atoms. The number of carbonyl (C=O) groups is 1. The first kappa shape index (κ1) is 12.1. The summed E-state index contributed by atoms with van der Waals surface area (Å²) < 4.78 is 12.7. The highest BCUT2D eigenvalue weighted by Crippen LogP contribution is 2.11. The highest BCUT2D eigenvalue weighted by atomic mass is 19.1. The molecule has 0 aliphatic heterocycles. The lowest BCUT2D eigenvalue weighted by Gasteiger charge is -2.07. The number of halogens is 1. The summed E-state index contributed by atoms with van der Waals surface area (Å²) in [5.41, 5.74) is 0.771. The fraction of sp³-hybridized carbons (Fsp3) is 0.250. The number of nitriles is 1. The summed E-state index contributed by atoms with van der Waals surface area (Å²) in [5.74, 6) is -1.66. The van der Waals surface area contributed by atoms with E-state index in [1.807, 2.05) is 6.07 Å². The molecule has 0 aliphatic carbocycles. The van der Waals surface area contributed by atoms with E-state index >= 15 is 0 Å². The molecule has 0 amide bonds. The lowest BCUT2D eigenvalue weighted by molar-refractivity contribution is 0.0975. The van der Waals surface area contributed by atoms with Gasteiger partial charge in [0.25, 0.3) is 0 Å². The van der Waals surface area contributed by atoms with E-state index < -0.39 is 11.7 Å². The maximum Gasteiger partial charge on any atom is 0.185 e. The van der Waals surface area contributed by atoms with Gasteiger partial charge in [-0.15, -0.1) is 0 Å². The minimum atomic E-state index is -0.893. The molecule has 1 aromatic rings. The van der Waals surface area contributed by atoms with Gasteiger partial charge in [-0.1, -0.05) is 0 Å². The van der Waals surface area contributed by atoms with Gasteiger partial charge in [-0.2, -0.15) is 5.26 Å². The number of nitrogens with zero attached hydrogens (tertiary/aromatic N) is 2. The summed E-state index contributed by atoms with van der Waals surface area (Å²) in [4.78, 5) is 15.7. The maximum absolute atomic E-state index is 12.7. The largest absolute Gasteiger partial charge is 0.296 e. The first-order valence-electron chi connectivity index (χ1n) is 4.72. The van der Waals surface area contributed by atoms with Crippen LogP contribution < -0.4 is 0 Å². The van der Waals surface area contributed by atoms with Crippen LogP contribution in [-0.4, -0.2) is 18.5 Å². The lowest BCUT2D eigenvalue weighted by Crippen LogP contribution is -2.20. The molecule has 0 radical (unpaired) electrons. The third-order valence-corrected chi connectivity index (χ3v) is 2.29. The molecule has 0 saturated carbocycles. The summed E-state index contributed by atoms with van der Waals surface area (Å²) in [6, 6.07) is 7.01. The molecular weight excluding hydrogens is 207 g/mol. The van der Waals surface area contributed by atoms with Crippen LogP contribution in [-0.2, 0) is 0 Å². The molecule has 4 heteroatoms. The van der Waals surface area contributed by atoms with E-state index in [2.05, 4.69) is 4.99 Å². The zero-order valence-electron chi connectivity index (χ0n) is 9.07. The molecule has 0 aromatic heterocycles. The molecule has 0 fully saturated rings. The number of rotatable bonds is 3. The SMILES string of the molecule is CN=C(C)C(C#N)C(=O)c1ccc(F)cc1. The highest BCUT2D eigenvalue weighted by molar-refractivity contribution is 6.13. The van der Waals surface area contributed by atoms with Gasteiger partial charge in [0.15, 0.2) is 5.78 Å². The van der Waals surface area contributed by atoms with E-state index in [1.54, 1.807) is 6.92 Å². The molecule has 82 valence electrons. The summed E-state index contributed by atoms with van der Waals surface area (Å²) in [7, 11) is 1.53. The Balaban J connectivity index is 3.02. The summed E-state index contributed by atoms with van der Waals surface area (Å²) in [6.07, 6.45) is 0. The Morgan fingerprint density at radius 2 is 2.00 bits per heavy atom. The van der Waals surface area contributed by atoms with Gasteiger partial charge in [0.2, 0.25) is 0 Å². The number of carbonyl (C=O) groups excluding carboxylic acids is 1. The summed E-state index contributed by atoms with van der Waals surface area (Å²) >= 11 is 0. The van der Waals surface area contributed by atoms with Crippen molar-refractivity contribution in [2.75, 3.05) is 7.05 Å². The Bertz CT molecular complexity index is 457. The van der Waals surface area contributed by atoms with Gasteiger partial charge < -0.3 is 0 Å². The smallest absolute Gasteiger partial charge is 0.185 e. The van der Waals surface area contributed by atoms with E-state index in [9.17, 15) is 9.18 Å². The molecule has 3 nitrogen and oxygen atoms in total. The van der Waals surface area contributed by atoms with Gasteiger partial charge >= 0.3 is 0 Å². The molecule has 0 bridgehead atoms. The highest BCUT2D eigenvalue weighted by Gasteiger charge is 2.22. The molecule has 0 N–H and O–H groups in total. The fourth-order valence-corrected chi connectivity index (χ4v) is 1.25. The first-order valence-corrected chi connectivity index (χ1v) is 4.72. The van der Waals surface area contributed by atoms with E-state index in [0.717, 1.165) is 0 Å². The normalized spacial score (nSPS) is 13.0. The average molecular weight is 218 g/mol. The van der Waals surface area contributed by atoms with Crippen LogP contribution in [0, 0.1) is 23.1 Å². The Kier molecular flexibility index (Phi) is 3.90. The third kappa shape index (κ3) is 2.51. The number of hydrogen-bond acceptors (Lipinski definition) is 3. The van der Waals surface area contributed by atoms with Crippen molar-refractivity contribution in [1.29, 1.82) is 5.26 Å². The van der Waals surface area contributed by atoms with Gasteiger partial charge in [0.1, 0.15) is 11.7 Å². The van der Waals surface area contributed by atoms with Crippen molar-refractivity contribution in [2.45, 2.75) is 6.92 Å². The van der Waals surface area contributed by atoms with Crippen molar-refractivity contribution in [3.63, 3.8) is 0 Å². The van der Waals surface area contributed by atoms with Gasteiger partial charge in [0.05, 0.1) is 6.07 Å². The van der Waals surface area contributed by atoms with Crippen LogP contribution in [0.1, 0.15) is 17.3 Å². The standard InChI is InChI=1S/C12H11FN2O/c1-8(15-2)11(7-14)12(16)9-3-5-10(13)6-4-9/h3-6,11H,1-2H3. The fourth-order valence-electron chi connectivity index (χ4n) is 1.25. The van der Waals surface area contributed by atoms with Gasteiger partial charge in [-0.3, -0.25) is 9.79 Å². The zero-order valence-corrected chi connectivity index (χ0v) is 9.07. The summed E-state index contributed by atoms with van der Waals surface area (Å²) in [6.45, 7) is 1.62. The predicted molar refractivity (Wildman–Crippen MR) is 58.9 cm³/mol. The number of hydrogen-bond donors (Lipinski definition) is 0. The zero-order chi connectivity index (χ0) is 12.1.